The minimum absolute atomic E-state index is 0.333. The summed E-state index contributed by atoms with van der Waals surface area (Å²) in [4.78, 5) is 0. The zero-order valence-corrected chi connectivity index (χ0v) is 9.13. The molecule has 0 saturated carbocycles. The second-order valence-corrected chi connectivity index (χ2v) is 4.59. The number of hydrogen-bond acceptors (Lipinski definition) is 1. The first-order chi connectivity index (χ1) is 5.58. The second kappa shape index (κ2) is 4.40. The van der Waals surface area contributed by atoms with Crippen LogP contribution in [0.1, 0.15) is 12.5 Å². The van der Waals surface area contributed by atoms with Gasteiger partial charge in [0.25, 0.3) is 0 Å². The minimum atomic E-state index is 0.333. The third-order valence-electron chi connectivity index (χ3n) is 1.45. The highest BCUT2D eigenvalue weighted by Gasteiger charge is 2.00. The molecule has 0 aliphatic heterocycles. The molecule has 0 amide bonds. The van der Waals surface area contributed by atoms with Crippen LogP contribution in [0.4, 0.5) is 0 Å². The first-order valence-electron chi connectivity index (χ1n) is 3.71. The molecule has 0 saturated heterocycles. The highest BCUT2D eigenvalue weighted by atomic mass is 35.5. The molecule has 0 nitrogen and oxygen atoms in total. The van der Waals surface area contributed by atoms with Gasteiger partial charge in [0, 0.05) is 15.3 Å². The van der Waals surface area contributed by atoms with Crippen molar-refractivity contribution in [2.45, 2.75) is 18.6 Å². The van der Waals surface area contributed by atoms with E-state index in [4.69, 9.17) is 23.2 Å². The summed E-state index contributed by atoms with van der Waals surface area (Å²) >= 11 is 15.9. The van der Waals surface area contributed by atoms with E-state index >= 15 is 0 Å². The van der Waals surface area contributed by atoms with Gasteiger partial charge in [-0.3, -0.25) is 0 Å². The van der Waals surface area contributed by atoms with Gasteiger partial charge in [-0.05, 0) is 30.2 Å². The smallest absolute Gasteiger partial charge is 0.0423 e. The van der Waals surface area contributed by atoms with Crippen molar-refractivity contribution >= 4 is 35.8 Å². The van der Waals surface area contributed by atoms with Gasteiger partial charge in [-0.2, -0.15) is 12.6 Å². The van der Waals surface area contributed by atoms with E-state index in [9.17, 15) is 0 Å². The molecule has 3 heteroatoms. The zero-order valence-electron chi connectivity index (χ0n) is 6.72. The van der Waals surface area contributed by atoms with Gasteiger partial charge in [-0.25, -0.2) is 0 Å². The van der Waals surface area contributed by atoms with Crippen LogP contribution in [-0.2, 0) is 6.42 Å². The lowest BCUT2D eigenvalue weighted by molar-refractivity contribution is 0.951. The average molecular weight is 221 g/mol. The van der Waals surface area contributed by atoms with Gasteiger partial charge < -0.3 is 0 Å². The predicted molar refractivity (Wildman–Crippen MR) is 58.6 cm³/mol. The number of hydrogen-bond donors (Lipinski definition) is 1. The van der Waals surface area contributed by atoms with Crippen LogP contribution in [0.3, 0.4) is 0 Å². The molecule has 0 bridgehead atoms. The SMILES string of the molecule is CC(S)Cc1cc(Cl)cc(Cl)c1. The van der Waals surface area contributed by atoms with Crippen LogP contribution in [-0.4, -0.2) is 5.25 Å². The number of rotatable bonds is 2. The van der Waals surface area contributed by atoms with Crippen molar-refractivity contribution in [3.8, 4) is 0 Å². The van der Waals surface area contributed by atoms with E-state index in [1.807, 2.05) is 19.1 Å². The van der Waals surface area contributed by atoms with E-state index in [1.54, 1.807) is 6.07 Å². The normalized spacial score (nSPS) is 13.0. The fourth-order valence-electron chi connectivity index (χ4n) is 1.07. The van der Waals surface area contributed by atoms with Crippen molar-refractivity contribution < 1.29 is 0 Å². The Morgan fingerprint density at radius 2 is 1.75 bits per heavy atom. The van der Waals surface area contributed by atoms with E-state index in [2.05, 4.69) is 12.6 Å². The highest BCUT2D eigenvalue weighted by molar-refractivity contribution is 7.80. The lowest BCUT2D eigenvalue weighted by Gasteiger charge is -2.04. The van der Waals surface area contributed by atoms with Crippen molar-refractivity contribution in [2.24, 2.45) is 0 Å². The Morgan fingerprint density at radius 1 is 1.25 bits per heavy atom. The summed E-state index contributed by atoms with van der Waals surface area (Å²) in [5.74, 6) is 0. The topological polar surface area (TPSA) is 0 Å². The van der Waals surface area contributed by atoms with E-state index in [0.29, 0.717) is 15.3 Å². The Kier molecular flexibility index (Phi) is 3.76. The molecule has 0 radical (unpaired) electrons. The summed E-state index contributed by atoms with van der Waals surface area (Å²) in [5, 5.41) is 1.71. The third kappa shape index (κ3) is 3.26. The molecule has 0 heterocycles. The number of halogens is 2. The standard InChI is InChI=1S/C9H10Cl2S/c1-6(12)2-7-3-8(10)5-9(11)4-7/h3-6,12H,2H2,1H3. The Labute approximate surface area is 88.3 Å². The molecule has 0 aliphatic rings. The monoisotopic (exact) mass is 220 g/mol. The van der Waals surface area contributed by atoms with E-state index < -0.39 is 0 Å². The lowest BCUT2D eigenvalue weighted by Crippen LogP contribution is -1.96. The van der Waals surface area contributed by atoms with Crippen LogP contribution in [0.25, 0.3) is 0 Å². The molecule has 1 aromatic carbocycles. The Morgan fingerprint density at radius 3 is 2.17 bits per heavy atom. The van der Waals surface area contributed by atoms with Crippen LogP contribution in [0, 0.1) is 0 Å². The fraction of sp³-hybridized carbons (Fsp3) is 0.333. The number of benzene rings is 1. The molecule has 0 aromatic heterocycles. The van der Waals surface area contributed by atoms with Gasteiger partial charge in [0.1, 0.15) is 0 Å². The van der Waals surface area contributed by atoms with Crippen LogP contribution >= 0.6 is 35.8 Å². The number of thiol groups is 1. The zero-order chi connectivity index (χ0) is 9.14. The Hall–Kier alpha value is 0.150. The molecule has 0 fully saturated rings. The van der Waals surface area contributed by atoms with Gasteiger partial charge in [-0.15, -0.1) is 0 Å². The fourth-order valence-corrected chi connectivity index (χ4v) is 1.85. The molecule has 66 valence electrons. The molecule has 0 N–H and O–H groups in total. The van der Waals surface area contributed by atoms with Crippen molar-refractivity contribution in [1.29, 1.82) is 0 Å². The molecular weight excluding hydrogens is 211 g/mol. The van der Waals surface area contributed by atoms with Gasteiger partial charge >= 0.3 is 0 Å². The summed E-state index contributed by atoms with van der Waals surface area (Å²) in [6.45, 7) is 2.04. The van der Waals surface area contributed by atoms with Gasteiger partial charge in [-0.1, -0.05) is 30.1 Å². The molecule has 1 atom stereocenters. The van der Waals surface area contributed by atoms with Crippen LogP contribution in [0.15, 0.2) is 18.2 Å². The maximum absolute atomic E-state index is 5.82. The maximum Gasteiger partial charge on any atom is 0.0423 e. The van der Waals surface area contributed by atoms with Crippen LogP contribution in [0.5, 0.6) is 0 Å². The first kappa shape index (κ1) is 10.2. The van der Waals surface area contributed by atoms with E-state index in [0.717, 1.165) is 12.0 Å². The molecular formula is C9H10Cl2S. The summed E-state index contributed by atoms with van der Waals surface area (Å²) in [7, 11) is 0. The predicted octanol–water partition coefficient (Wildman–Crippen LogP) is 3.85. The largest absolute Gasteiger partial charge is 0.176 e. The molecule has 1 unspecified atom stereocenters. The summed E-state index contributed by atoms with van der Waals surface area (Å²) in [6.07, 6.45) is 0.892. The molecule has 1 aromatic rings. The lowest BCUT2D eigenvalue weighted by atomic mass is 10.1. The van der Waals surface area contributed by atoms with Gasteiger partial charge in [0.2, 0.25) is 0 Å². The molecule has 1 rings (SSSR count). The van der Waals surface area contributed by atoms with Crippen molar-refractivity contribution in [3.63, 3.8) is 0 Å². The second-order valence-electron chi connectivity index (χ2n) is 2.83. The van der Waals surface area contributed by atoms with Crippen molar-refractivity contribution in [3.05, 3.63) is 33.8 Å². The van der Waals surface area contributed by atoms with Crippen LogP contribution in [0.2, 0.25) is 10.0 Å². The highest BCUT2D eigenvalue weighted by Crippen LogP contribution is 2.20. The van der Waals surface area contributed by atoms with Crippen molar-refractivity contribution in [2.75, 3.05) is 0 Å². The van der Waals surface area contributed by atoms with E-state index in [1.165, 1.54) is 0 Å². The molecule has 0 spiro atoms. The summed E-state index contributed by atoms with van der Waals surface area (Å²) in [5.41, 5.74) is 1.13. The van der Waals surface area contributed by atoms with E-state index in [-0.39, 0.29) is 0 Å². The molecule has 12 heavy (non-hydrogen) atoms. The summed E-state index contributed by atoms with van der Waals surface area (Å²) < 4.78 is 0. The van der Waals surface area contributed by atoms with Gasteiger partial charge in [0.15, 0.2) is 0 Å². The first-order valence-corrected chi connectivity index (χ1v) is 4.98. The minimum Gasteiger partial charge on any atom is -0.176 e. The maximum atomic E-state index is 5.82. The average Bonchev–Trinajstić information content (AvgIpc) is 1.81. The summed E-state index contributed by atoms with van der Waals surface area (Å²) in [6, 6.07) is 5.57. The molecule has 0 aliphatic carbocycles. The quantitative estimate of drug-likeness (QED) is 0.720. The third-order valence-corrected chi connectivity index (χ3v) is 2.07. The van der Waals surface area contributed by atoms with Gasteiger partial charge in [0.05, 0.1) is 0 Å². The Balaban J connectivity index is 2.85. The van der Waals surface area contributed by atoms with Crippen molar-refractivity contribution in [1.82, 2.24) is 0 Å². The Bertz CT molecular complexity index is 251. The van der Waals surface area contributed by atoms with Crippen LogP contribution < -0.4 is 0 Å².